The zero-order chi connectivity index (χ0) is 16.6. The van der Waals surface area contributed by atoms with Crippen LogP contribution in [0.4, 0.5) is 0 Å². The number of piperidine rings is 1. The summed E-state index contributed by atoms with van der Waals surface area (Å²) in [4.78, 5) is 29.4. The molecule has 2 heterocycles. The Labute approximate surface area is 136 Å². The van der Waals surface area contributed by atoms with Crippen molar-refractivity contribution >= 4 is 16.7 Å². The molecule has 0 saturated carbocycles. The quantitative estimate of drug-likeness (QED) is 0.850. The van der Waals surface area contributed by atoms with Gasteiger partial charge in [-0.05, 0) is 44.9 Å². The molecule has 1 aliphatic heterocycles. The molecule has 0 amide bonds. The molecule has 1 saturated heterocycles. The lowest BCUT2D eigenvalue weighted by atomic mass is 9.99. The summed E-state index contributed by atoms with van der Waals surface area (Å²) in [6.45, 7) is 8.83. The third-order valence-corrected chi connectivity index (χ3v) is 5.01. The summed E-state index contributed by atoms with van der Waals surface area (Å²) in [5.74, 6) is 0.715. The number of rotatable bonds is 3. The third-order valence-electron chi connectivity index (χ3n) is 5.01. The van der Waals surface area contributed by atoms with Gasteiger partial charge in [0.1, 0.15) is 6.54 Å². The highest BCUT2D eigenvalue weighted by Crippen LogP contribution is 2.14. The van der Waals surface area contributed by atoms with E-state index in [-0.39, 0.29) is 11.2 Å². The first-order chi connectivity index (χ1) is 11.0. The minimum Gasteiger partial charge on any atom is -0.358 e. The van der Waals surface area contributed by atoms with Crippen molar-refractivity contribution in [3.8, 4) is 0 Å². The van der Waals surface area contributed by atoms with E-state index >= 15 is 0 Å². The molecule has 2 atom stereocenters. The molecule has 0 aliphatic carbocycles. The van der Waals surface area contributed by atoms with Crippen LogP contribution in [0.25, 0.3) is 10.9 Å². The molecule has 122 valence electrons. The van der Waals surface area contributed by atoms with Gasteiger partial charge in [0, 0.05) is 28.1 Å². The number of fused-ring (bicyclic) bond motifs is 1. The molecule has 0 bridgehead atoms. The molecular weight excluding hydrogens is 288 g/mol. The average Bonchev–Trinajstić information content (AvgIpc) is 2.51. The monoisotopic (exact) mass is 313 g/mol. The highest BCUT2D eigenvalue weighted by molar-refractivity contribution is 5.97. The normalized spacial score (nSPS) is 21.5. The van der Waals surface area contributed by atoms with E-state index in [4.69, 9.17) is 0 Å². The molecule has 3 rings (SSSR count). The number of aromatic amines is 1. The topological polar surface area (TPSA) is 54.4 Å². The Balaban J connectivity index is 2.02. The highest BCUT2D eigenvalue weighted by Gasteiger charge is 2.22. The van der Waals surface area contributed by atoms with Crippen LogP contribution < -0.4 is 10.3 Å². The van der Waals surface area contributed by atoms with E-state index in [2.05, 4.69) is 11.9 Å². The largest absolute Gasteiger partial charge is 0.358 e. The number of nitrogens with one attached hydrogen (secondary N) is 2. The molecule has 2 N–H and O–H groups in total. The van der Waals surface area contributed by atoms with Crippen LogP contribution in [-0.2, 0) is 6.54 Å². The number of benzene rings is 1. The number of H-pyrrole nitrogens is 1. The maximum absolute atomic E-state index is 12.9. The summed E-state index contributed by atoms with van der Waals surface area (Å²) in [5, 5.41) is 0.628. The zero-order valence-corrected chi connectivity index (χ0v) is 14.2. The minimum atomic E-state index is -0.0103. The summed E-state index contributed by atoms with van der Waals surface area (Å²) in [5.41, 5.74) is 3.29. The number of carbonyl (C=O) groups is 1. The third kappa shape index (κ3) is 3.22. The van der Waals surface area contributed by atoms with Crippen molar-refractivity contribution in [2.24, 2.45) is 5.92 Å². The number of hydrogen-bond acceptors (Lipinski definition) is 2. The number of quaternary nitrogens is 1. The molecular formula is C19H25N2O2+. The van der Waals surface area contributed by atoms with Crippen LogP contribution in [0.15, 0.2) is 23.0 Å². The van der Waals surface area contributed by atoms with Crippen molar-refractivity contribution in [3.05, 3.63) is 45.2 Å². The predicted molar refractivity (Wildman–Crippen MR) is 92.1 cm³/mol. The van der Waals surface area contributed by atoms with Crippen molar-refractivity contribution < 1.29 is 9.69 Å². The van der Waals surface area contributed by atoms with E-state index in [1.54, 1.807) is 12.1 Å². The summed E-state index contributed by atoms with van der Waals surface area (Å²) in [6, 6.07) is 5.34. The number of aryl methyl sites for hydroxylation is 1. The number of likely N-dealkylation sites (tertiary alicyclic amines) is 1. The van der Waals surface area contributed by atoms with Gasteiger partial charge < -0.3 is 9.88 Å². The summed E-state index contributed by atoms with van der Waals surface area (Å²) in [7, 11) is 0. The maximum Gasteiger partial charge on any atom is 0.198 e. The molecule has 23 heavy (non-hydrogen) atoms. The lowest BCUT2D eigenvalue weighted by Crippen LogP contribution is -3.12. The van der Waals surface area contributed by atoms with Gasteiger partial charge >= 0.3 is 0 Å². The molecule has 1 fully saturated rings. The number of aromatic nitrogens is 1. The fourth-order valence-corrected chi connectivity index (χ4v) is 3.69. The van der Waals surface area contributed by atoms with Crippen molar-refractivity contribution in [2.75, 3.05) is 13.1 Å². The molecule has 0 spiro atoms. The first kappa shape index (κ1) is 15.9. The van der Waals surface area contributed by atoms with E-state index in [0.717, 1.165) is 42.3 Å². The van der Waals surface area contributed by atoms with Gasteiger partial charge in [0.15, 0.2) is 11.2 Å². The van der Waals surface area contributed by atoms with Crippen LogP contribution in [0, 0.1) is 12.8 Å². The van der Waals surface area contributed by atoms with Crippen molar-refractivity contribution in [1.29, 1.82) is 0 Å². The SMILES string of the molecule is CC(=O)c1ccc2[nH]c(C)c(C[NH+]3CCC[C@H](C)C3)c(=O)c2c1. The Morgan fingerprint density at radius 1 is 1.39 bits per heavy atom. The smallest absolute Gasteiger partial charge is 0.198 e. The second-order valence-electron chi connectivity index (χ2n) is 7.00. The van der Waals surface area contributed by atoms with Crippen molar-refractivity contribution in [3.63, 3.8) is 0 Å². The Morgan fingerprint density at radius 2 is 2.17 bits per heavy atom. The summed E-state index contributed by atoms with van der Waals surface area (Å²) >= 11 is 0. The first-order valence-corrected chi connectivity index (χ1v) is 8.45. The van der Waals surface area contributed by atoms with Gasteiger partial charge in [0.25, 0.3) is 0 Å². The molecule has 1 aromatic carbocycles. The van der Waals surface area contributed by atoms with Crippen LogP contribution >= 0.6 is 0 Å². The van der Waals surface area contributed by atoms with E-state index in [1.165, 1.54) is 24.7 Å². The lowest BCUT2D eigenvalue weighted by Gasteiger charge is -2.28. The standard InChI is InChI=1S/C19H24N2O2/c1-12-5-4-8-21(10-12)11-17-13(2)20-18-7-6-15(14(3)22)9-16(18)19(17)23/h6-7,9,12H,4-5,8,10-11H2,1-3H3,(H,20,23)/p+1/t12-/m0/s1. The number of pyridine rings is 1. The Bertz CT molecular complexity index is 807. The molecule has 1 aliphatic rings. The number of hydrogen-bond donors (Lipinski definition) is 2. The fraction of sp³-hybridized carbons (Fsp3) is 0.474. The van der Waals surface area contributed by atoms with E-state index in [1.807, 2.05) is 13.0 Å². The van der Waals surface area contributed by atoms with E-state index < -0.39 is 0 Å². The average molecular weight is 313 g/mol. The molecule has 4 heteroatoms. The number of carbonyl (C=O) groups excluding carboxylic acids is 1. The number of Topliss-reactive ketones (excluding diaryl/α,β-unsaturated/α-hetero) is 1. The highest BCUT2D eigenvalue weighted by atomic mass is 16.1. The summed E-state index contributed by atoms with van der Waals surface area (Å²) in [6.07, 6.45) is 2.52. The van der Waals surface area contributed by atoms with Gasteiger partial charge in [-0.2, -0.15) is 0 Å². The Morgan fingerprint density at radius 3 is 2.87 bits per heavy atom. The molecule has 1 aromatic heterocycles. The van der Waals surface area contributed by atoms with Crippen LogP contribution in [0.1, 0.15) is 48.3 Å². The number of ketones is 1. The van der Waals surface area contributed by atoms with Crippen LogP contribution in [0.3, 0.4) is 0 Å². The van der Waals surface area contributed by atoms with Gasteiger partial charge in [0.05, 0.1) is 18.7 Å². The second-order valence-corrected chi connectivity index (χ2v) is 7.00. The van der Waals surface area contributed by atoms with Crippen LogP contribution in [0.5, 0.6) is 0 Å². The van der Waals surface area contributed by atoms with E-state index in [0.29, 0.717) is 10.9 Å². The Hall–Kier alpha value is -1.94. The van der Waals surface area contributed by atoms with Crippen LogP contribution in [-0.4, -0.2) is 23.9 Å². The van der Waals surface area contributed by atoms with Gasteiger partial charge in [0.2, 0.25) is 0 Å². The van der Waals surface area contributed by atoms with Gasteiger partial charge in [-0.3, -0.25) is 9.59 Å². The second kappa shape index (κ2) is 6.28. The van der Waals surface area contributed by atoms with Crippen LogP contribution in [0.2, 0.25) is 0 Å². The molecule has 4 nitrogen and oxygen atoms in total. The fourth-order valence-electron chi connectivity index (χ4n) is 3.69. The van der Waals surface area contributed by atoms with Crippen molar-refractivity contribution in [2.45, 2.75) is 40.2 Å². The maximum atomic E-state index is 12.9. The van der Waals surface area contributed by atoms with Gasteiger partial charge in [-0.1, -0.05) is 6.92 Å². The van der Waals surface area contributed by atoms with Gasteiger partial charge in [-0.15, -0.1) is 0 Å². The van der Waals surface area contributed by atoms with Gasteiger partial charge in [-0.25, -0.2) is 0 Å². The predicted octanol–water partition coefficient (Wildman–Crippen LogP) is 1.85. The molecule has 1 unspecified atom stereocenters. The minimum absolute atomic E-state index is 0.0103. The first-order valence-electron chi connectivity index (χ1n) is 8.45. The zero-order valence-electron chi connectivity index (χ0n) is 14.2. The molecule has 2 aromatic rings. The van der Waals surface area contributed by atoms with Crippen molar-refractivity contribution in [1.82, 2.24) is 4.98 Å². The Kier molecular flexibility index (Phi) is 4.35. The summed E-state index contributed by atoms with van der Waals surface area (Å²) < 4.78 is 0. The lowest BCUT2D eigenvalue weighted by molar-refractivity contribution is -0.922. The molecule has 0 radical (unpaired) electrons. The van der Waals surface area contributed by atoms with E-state index in [9.17, 15) is 9.59 Å².